The normalized spacial score (nSPS) is 12.4. The molecule has 0 fully saturated rings. The Morgan fingerprint density at radius 3 is 1.38 bits per heavy atom. The van der Waals surface area contributed by atoms with Gasteiger partial charge < -0.3 is 4.90 Å². The highest BCUT2D eigenvalue weighted by atomic mass is 15.1. The molecular formula is C65H45N. The molecule has 11 aromatic carbocycles. The van der Waals surface area contributed by atoms with E-state index in [-0.39, 0.29) is 0 Å². The monoisotopic (exact) mass is 839 g/mol. The zero-order valence-electron chi connectivity index (χ0n) is 36.4. The quantitative estimate of drug-likeness (QED) is 0.140. The molecule has 1 nitrogen and oxygen atoms in total. The minimum atomic E-state index is -0.492. The minimum Gasteiger partial charge on any atom is -0.310 e. The number of hydrogen-bond acceptors (Lipinski definition) is 1. The van der Waals surface area contributed by atoms with Gasteiger partial charge in [0.15, 0.2) is 0 Å². The average molecular weight is 840 g/mol. The van der Waals surface area contributed by atoms with Gasteiger partial charge in [-0.2, -0.15) is 0 Å². The van der Waals surface area contributed by atoms with Crippen LogP contribution in [-0.2, 0) is 5.41 Å². The number of para-hydroxylation sites is 1. The topological polar surface area (TPSA) is 3.24 Å². The summed E-state index contributed by atoms with van der Waals surface area (Å²) in [6.07, 6.45) is 0. The second-order valence-corrected chi connectivity index (χ2v) is 17.2. The molecular weight excluding hydrogens is 795 g/mol. The second kappa shape index (κ2) is 16.6. The van der Waals surface area contributed by atoms with E-state index in [0.717, 1.165) is 17.1 Å². The lowest BCUT2D eigenvalue weighted by Crippen LogP contribution is -2.28. The van der Waals surface area contributed by atoms with Gasteiger partial charge in [0.05, 0.1) is 11.1 Å². The molecule has 0 aromatic heterocycles. The first kappa shape index (κ1) is 39.1. The van der Waals surface area contributed by atoms with Crippen LogP contribution < -0.4 is 4.90 Å². The zero-order valence-corrected chi connectivity index (χ0v) is 36.4. The highest BCUT2D eigenvalue weighted by molar-refractivity contribution is 6.00. The molecule has 0 atom stereocenters. The maximum Gasteiger partial charge on any atom is 0.0713 e. The molecule has 12 rings (SSSR count). The van der Waals surface area contributed by atoms with Crippen molar-refractivity contribution in [2.24, 2.45) is 0 Å². The summed E-state index contributed by atoms with van der Waals surface area (Å²) < 4.78 is 0. The number of benzene rings is 11. The lowest BCUT2D eigenvalue weighted by Gasteiger charge is -2.34. The van der Waals surface area contributed by atoms with Crippen molar-refractivity contribution in [1.82, 2.24) is 0 Å². The Morgan fingerprint density at radius 1 is 0.258 bits per heavy atom. The summed E-state index contributed by atoms with van der Waals surface area (Å²) in [5.74, 6) is 0. The number of rotatable bonds is 9. The van der Waals surface area contributed by atoms with E-state index < -0.39 is 5.41 Å². The largest absolute Gasteiger partial charge is 0.310 e. The van der Waals surface area contributed by atoms with Crippen LogP contribution >= 0.6 is 0 Å². The van der Waals surface area contributed by atoms with Crippen molar-refractivity contribution in [2.75, 3.05) is 4.90 Å². The minimum absolute atomic E-state index is 0.492. The lowest BCUT2D eigenvalue weighted by atomic mass is 9.67. The predicted molar refractivity (Wildman–Crippen MR) is 278 cm³/mol. The van der Waals surface area contributed by atoms with Gasteiger partial charge in [-0.3, -0.25) is 0 Å². The fraction of sp³-hybridized carbons (Fsp3) is 0.0154. The molecule has 310 valence electrons. The van der Waals surface area contributed by atoms with Gasteiger partial charge in [-0.1, -0.05) is 231 Å². The van der Waals surface area contributed by atoms with Crippen LogP contribution in [0.2, 0.25) is 0 Å². The van der Waals surface area contributed by atoms with E-state index in [1.54, 1.807) is 0 Å². The first-order valence-corrected chi connectivity index (χ1v) is 22.8. The van der Waals surface area contributed by atoms with Crippen molar-refractivity contribution < 1.29 is 0 Å². The van der Waals surface area contributed by atoms with E-state index in [1.807, 2.05) is 0 Å². The van der Waals surface area contributed by atoms with Gasteiger partial charge in [0.2, 0.25) is 0 Å². The summed E-state index contributed by atoms with van der Waals surface area (Å²) in [7, 11) is 0. The predicted octanol–water partition coefficient (Wildman–Crippen LogP) is 17.3. The molecule has 11 aromatic rings. The highest BCUT2D eigenvalue weighted by Crippen LogP contribution is 2.59. The summed E-state index contributed by atoms with van der Waals surface area (Å²) in [5, 5.41) is 2.50. The maximum atomic E-state index is 2.43. The van der Waals surface area contributed by atoms with Crippen LogP contribution in [0.5, 0.6) is 0 Å². The van der Waals surface area contributed by atoms with E-state index in [4.69, 9.17) is 0 Å². The van der Waals surface area contributed by atoms with Gasteiger partial charge in [0.1, 0.15) is 0 Å². The molecule has 1 heteroatoms. The van der Waals surface area contributed by atoms with E-state index >= 15 is 0 Å². The molecule has 0 amide bonds. The third-order valence-electron chi connectivity index (χ3n) is 13.6. The van der Waals surface area contributed by atoms with Crippen molar-refractivity contribution in [3.8, 4) is 55.6 Å². The van der Waals surface area contributed by atoms with Crippen LogP contribution in [0.1, 0.15) is 22.3 Å². The van der Waals surface area contributed by atoms with Gasteiger partial charge in [0, 0.05) is 16.9 Å². The van der Waals surface area contributed by atoms with Gasteiger partial charge in [0.25, 0.3) is 0 Å². The van der Waals surface area contributed by atoms with Crippen molar-refractivity contribution in [3.63, 3.8) is 0 Å². The standard InChI is InChI=1S/C65H45N/c1-4-18-46(19-5-1)48-36-40-56(41-37-48)66(57-42-38-49(39-43-57)51-22-16-23-52(44-51)53-35-34-47-20-10-11-21-50(47)45-53)63-33-15-13-28-58(63)59-30-17-32-62-64(59)60-29-12-14-31-61(60)65(62,54-24-6-2-7-25-54)55-26-8-3-9-27-55/h1-45H. The molecule has 0 saturated heterocycles. The van der Waals surface area contributed by atoms with Crippen LogP contribution in [0.15, 0.2) is 273 Å². The number of nitrogens with zero attached hydrogens (tertiary/aromatic N) is 1. The maximum absolute atomic E-state index is 2.43. The smallest absolute Gasteiger partial charge is 0.0713 e. The van der Waals surface area contributed by atoms with Crippen LogP contribution in [-0.4, -0.2) is 0 Å². The molecule has 1 aliphatic carbocycles. The van der Waals surface area contributed by atoms with Crippen molar-refractivity contribution in [3.05, 3.63) is 295 Å². The Morgan fingerprint density at radius 2 is 0.697 bits per heavy atom. The average Bonchev–Trinajstić information content (AvgIpc) is 3.71. The Labute approximate surface area is 387 Å². The van der Waals surface area contributed by atoms with Gasteiger partial charge >= 0.3 is 0 Å². The van der Waals surface area contributed by atoms with Gasteiger partial charge in [-0.05, 0) is 126 Å². The van der Waals surface area contributed by atoms with E-state index in [0.29, 0.717) is 0 Å². The summed E-state index contributed by atoms with van der Waals surface area (Å²) in [6, 6.07) is 100. The van der Waals surface area contributed by atoms with E-state index in [2.05, 4.69) is 278 Å². The van der Waals surface area contributed by atoms with Crippen molar-refractivity contribution in [2.45, 2.75) is 5.41 Å². The summed E-state index contributed by atoms with van der Waals surface area (Å²) >= 11 is 0. The molecule has 0 saturated carbocycles. The Balaban J connectivity index is 1.01. The van der Waals surface area contributed by atoms with Crippen LogP contribution in [0, 0.1) is 0 Å². The Bertz CT molecular complexity index is 3460. The van der Waals surface area contributed by atoms with Crippen molar-refractivity contribution >= 4 is 27.8 Å². The first-order chi connectivity index (χ1) is 32.7. The summed E-state index contributed by atoms with van der Waals surface area (Å²) in [5.41, 5.74) is 20.0. The molecule has 0 bridgehead atoms. The SMILES string of the molecule is c1ccc(-c2ccc(N(c3ccc(-c4cccc(-c5ccc6ccccc6c5)c4)cc3)c3ccccc3-c3cccc4c3-c3ccccc3C4(c3ccccc3)c3ccccc3)cc2)cc1. The molecule has 0 radical (unpaired) electrons. The molecule has 1 aliphatic rings. The van der Waals surface area contributed by atoms with Crippen LogP contribution in [0.4, 0.5) is 17.1 Å². The molecule has 0 N–H and O–H groups in total. The first-order valence-electron chi connectivity index (χ1n) is 22.8. The van der Waals surface area contributed by atoms with Gasteiger partial charge in [-0.25, -0.2) is 0 Å². The molecule has 66 heavy (non-hydrogen) atoms. The van der Waals surface area contributed by atoms with Crippen LogP contribution in [0.3, 0.4) is 0 Å². The van der Waals surface area contributed by atoms with E-state index in [9.17, 15) is 0 Å². The summed E-state index contributed by atoms with van der Waals surface area (Å²) in [4.78, 5) is 2.43. The van der Waals surface area contributed by atoms with Crippen LogP contribution in [0.25, 0.3) is 66.4 Å². The fourth-order valence-electron chi connectivity index (χ4n) is 10.5. The van der Waals surface area contributed by atoms with Crippen molar-refractivity contribution in [1.29, 1.82) is 0 Å². The zero-order chi connectivity index (χ0) is 43.9. The summed E-state index contributed by atoms with van der Waals surface area (Å²) in [6.45, 7) is 0. The molecule has 0 heterocycles. The van der Waals surface area contributed by atoms with E-state index in [1.165, 1.54) is 88.7 Å². The Kier molecular flexibility index (Phi) is 9.81. The highest BCUT2D eigenvalue weighted by Gasteiger charge is 2.46. The number of hydrogen-bond donors (Lipinski definition) is 0. The third kappa shape index (κ3) is 6.64. The Hall–Kier alpha value is -8.52. The fourth-order valence-corrected chi connectivity index (χ4v) is 10.5. The van der Waals surface area contributed by atoms with Gasteiger partial charge in [-0.15, -0.1) is 0 Å². The second-order valence-electron chi connectivity index (χ2n) is 17.2. The number of fused-ring (bicyclic) bond motifs is 4. The molecule has 0 aliphatic heterocycles. The molecule has 0 unspecified atom stereocenters. The molecule has 0 spiro atoms. The third-order valence-corrected chi connectivity index (χ3v) is 13.6. The lowest BCUT2D eigenvalue weighted by molar-refractivity contribution is 0.768. The number of anilines is 3.